The fraction of sp³-hybridized carbons (Fsp3) is 0.526. The van der Waals surface area contributed by atoms with Gasteiger partial charge in [-0.3, -0.25) is 10.1 Å². The first-order chi connectivity index (χ1) is 13.2. The molecule has 1 aromatic heterocycles. The number of benzene rings is 1. The predicted octanol–water partition coefficient (Wildman–Crippen LogP) is 4.85. The molecule has 0 bridgehead atoms. The summed E-state index contributed by atoms with van der Waals surface area (Å²) in [6.45, 7) is 4.16. The van der Waals surface area contributed by atoms with Crippen LogP contribution in [0.2, 0.25) is 0 Å². The quantitative estimate of drug-likeness (QED) is 0.648. The number of carbonyl (C=O) groups excluding carboxylic acids is 1. The highest BCUT2D eigenvalue weighted by atomic mass is 35.5. The number of carbonyl (C=O) groups is 1. The number of halogens is 2. The molecule has 1 amide bonds. The van der Waals surface area contributed by atoms with Crippen LogP contribution in [0.4, 0.5) is 5.13 Å². The zero-order valence-electron chi connectivity index (χ0n) is 15.6. The highest BCUT2D eigenvalue weighted by Crippen LogP contribution is 2.59. The van der Waals surface area contributed by atoms with Crippen LogP contribution in [0.5, 0.6) is 5.75 Å². The largest absolute Gasteiger partial charge is 0.478 e. The summed E-state index contributed by atoms with van der Waals surface area (Å²) in [4.78, 5) is 12.7. The van der Waals surface area contributed by atoms with Crippen LogP contribution in [-0.2, 0) is 9.53 Å². The molecular formula is C19H21Cl2N3O3S. The summed E-state index contributed by atoms with van der Waals surface area (Å²) in [5.41, 5.74) is -0.0189. The van der Waals surface area contributed by atoms with Gasteiger partial charge in [0.25, 0.3) is 5.91 Å². The molecule has 2 heterocycles. The summed E-state index contributed by atoms with van der Waals surface area (Å²) in [6.07, 6.45) is 2.68. The zero-order valence-corrected chi connectivity index (χ0v) is 17.9. The summed E-state index contributed by atoms with van der Waals surface area (Å²) in [7, 11) is 0. The van der Waals surface area contributed by atoms with Crippen LogP contribution in [-0.4, -0.2) is 32.6 Å². The third-order valence-electron chi connectivity index (χ3n) is 4.89. The average molecular weight is 442 g/mol. The van der Waals surface area contributed by atoms with Crippen molar-refractivity contribution in [2.24, 2.45) is 0 Å². The molecule has 0 spiro atoms. The van der Waals surface area contributed by atoms with Gasteiger partial charge in [0, 0.05) is 12.5 Å². The molecule has 150 valence electrons. The second-order valence-corrected chi connectivity index (χ2v) is 10.2. The predicted molar refractivity (Wildman–Crippen MR) is 109 cm³/mol. The Bertz CT molecular complexity index is 864. The Kier molecular flexibility index (Phi) is 5.29. The number of anilines is 1. The van der Waals surface area contributed by atoms with Gasteiger partial charge >= 0.3 is 0 Å². The van der Waals surface area contributed by atoms with Crippen molar-refractivity contribution >= 4 is 45.6 Å². The van der Waals surface area contributed by atoms with Crippen LogP contribution >= 0.6 is 34.5 Å². The van der Waals surface area contributed by atoms with Gasteiger partial charge in [0.15, 0.2) is 5.60 Å². The van der Waals surface area contributed by atoms with Crippen molar-refractivity contribution in [2.45, 2.75) is 55.1 Å². The molecule has 0 unspecified atom stereocenters. The van der Waals surface area contributed by atoms with Crippen molar-refractivity contribution in [3.63, 3.8) is 0 Å². The fourth-order valence-corrected chi connectivity index (χ4v) is 4.50. The number of rotatable bonds is 6. The smallest absolute Gasteiger partial charge is 0.269 e. The van der Waals surface area contributed by atoms with Gasteiger partial charge in [0.1, 0.15) is 21.2 Å². The van der Waals surface area contributed by atoms with E-state index in [2.05, 4.69) is 15.5 Å². The molecule has 4 rings (SSSR count). The molecule has 6 nitrogen and oxygen atoms in total. The summed E-state index contributed by atoms with van der Waals surface area (Å²) in [5, 5.41) is 12.2. The Morgan fingerprint density at radius 2 is 2.04 bits per heavy atom. The van der Waals surface area contributed by atoms with E-state index in [1.165, 1.54) is 11.3 Å². The number of amides is 1. The van der Waals surface area contributed by atoms with Gasteiger partial charge in [-0.1, -0.05) is 23.5 Å². The highest BCUT2D eigenvalue weighted by molar-refractivity contribution is 7.15. The number of ether oxygens (including phenoxy) is 2. The van der Waals surface area contributed by atoms with Crippen molar-refractivity contribution in [3.05, 3.63) is 34.8 Å². The zero-order chi connectivity index (χ0) is 19.9. The molecule has 2 aromatic rings. The monoisotopic (exact) mass is 441 g/mol. The molecule has 1 saturated carbocycles. The molecule has 0 radical (unpaired) electrons. The Labute approximate surface area is 177 Å². The lowest BCUT2D eigenvalue weighted by atomic mass is 10.1. The van der Waals surface area contributed by atoms with Gasteiger partial charge in [-0.2, -0.15) is 0 Å². The minimum Gasteiger partial charge on any atom is -0.478 e. The molecule has 1 N–H and O–H groups in total. The lowest BCUT2D eigenvalue weighted by Gasteiger charge is -2.24. The van der Waals surface area contributed by atoms with E-state index in [4.69, 9.17) is 32.7 Å². The molecular weight excluding hydrogens is 421 g/mol. The van der Waals surface area contributed by atoms with Gasteiger partial charge in [-0.15, -0.1) is 33.4 Å². The number of hydrogen-bond acceptors (Lipinski definition) is 6. The number of alkyl halides is 2. The summed E-state index contributed by atoms with van der Waals surface area (Å²) >= 11 is 13.6. The lowest BCUT2D eigenvalue weighted by molar-refractivity contribution is -0.128. The Morgan fingerprint density at radius 3 is 2.64 bits per heavy atom. The Morgan fingerprint density at radius 1 is 1.32 bits per heavy atom. The fourth-order valence-electron chi connectivity index (χ4n) is 3.12. The molecule has 1 aromatic carbocycles. The van der Waals surface area contributed by atoms with Crippen LogP contribution in [0.3, 0.4) is 0 Å². The van der Waals surface area contributed by atoms with Crippen LogP contribution < -0.4 is 10.1 Å². The first-order valence-electron chi connectivity index (χ1n) is 9.18. The molecule has 9 heteroatoms. The van der Waals surface area contributed by atoms with Crippen molar-refractivity contribution in [3.8, 4) is 5.75 Å². The number of aromatic nitrogens is 2. The van der Waals surface area contributed by atoms with Gasteiger partial charge in [-0.05, 0) is 50.8 Å². The van der Waals surface area contributed by atoms with Gasteiger partial charge in [0.2, 0.25) is 5.13 Å². The minimum atomic E-state index is -1.08. The topological polar surface area (TPSA) is 73.3 Å². The maximum atomic E-state index is 12.7. The normalized spacial score (nSPS) is 23.4. The van der Waals surface area contributed by atoms with Crippen molar-refractivity contribution < 1.29 is 14.3 Å². The number of nitrogens with one attached hydrogen (secondary N) is 1. The molecule has 2 fully saturated rings. The number of nitrogens with zero attached hydrogens (tertiary/aromatic N) is 2. The van der Waals surface area contributed by atoms with Crippen LogP contribution in [0.1, 0.15) is 55.7 Å². The van der Waals surface area contributed by atoms with E-state index in [9.17, 15) is 4.79 Å². The Hall–Kier alpha value is -1.41. The third-order valence-corrected chi connectivity index (χ3v) is 6.66. The molecule has 1 aliphatic heterocycles. The Balaban J connectivity index is 1.36. The lowest BCUT2D eigenvalue weighted by Crippen LogP contribution is -2.42. The number of hydrogen-bond donors (Lipinski definition) is 1. The summed E-state index contributed by atoms with van der Waals surface area (Å²) in [6, 6.07) is 7.51. The third kappa shape index (κ3) is 4.27. The van der Waals surface area contributed by atoms with E-state index in [1.54, 1.807) is 13.8 Å². The van der Waals surface area contributed by atoms with Crippen molar-refractivity contribution in [1.29, 1.82) is 0 Å². The highest BCUT2D eigenvalue weighted by Gasteiger charge is 2.52. The van der Waals surface area contributed by atoms with E-state index < -0.39 is 9.93 Å². The van der Waals surface area contributed by atoms with Gasteiger partial charge < -0.3 is 9.47 Å². The second kappa shape index (κ2) is 7.44. The van der Waals surface area contributed by atoms with E-state index in [1.807, 2.05) is 24.3 Å². The van der Waals surface area contributed by atoms with E-state index in [-0.39, 0.29) is 17.9 Å². The summed E-state index contributed by atoms with van der Waals surface area (Å²) in [5.74, 6) is 0.447. The van der Waals surface area contributed by atoms with Crippen molar-refractivity contribution in [1.82, 2.24) is 10.2 Å². The summed E-state index contributed by atoms with van der Waals surface area (Å²) < 4.78 is 10.8. The maximum absolute atomic E-state index is 12.7. The molecule has 1 saturated heterocycles. The van der Waals surface area contributed by atoms with Gasteiger partial charge in [0.05, 0.1) is 0 Å². The maximum Gasteiger partial charge on any atom is 0.269 e. The average Bonchev–Trinajstić information content (AvgIpc) is 3.07. The standard InChI is InChI=1S/C19H21Cl2N3O3S/c1-18(2,27-12-7-5-11(6-8-12)13-10-19(13,20)21)16(25)22-17-24-23-15(28-17)14-4-3-9-26-14/h5-8,13-14H,3-4,9-10H2,1-2H3,(H,22,24,25)/t13-,14+/m1/s1. The molecule has 2 aliphatic rings. The minimum absolute atomic E-state index is 0.0166. The second-order valence-electron chi connectivity index (χ2n) is 7.60. The van der Waals surface area contributed by atoms with E-state index >= 15 is 0 Å². The van der Waals surface area contributed by atoms with Crippen LogP contribution in [0.15, 0.2) is 24.3 Å². The molecule has 1 aliphatic carbocycles. The first kappa shape index (κ1) is 19.9. The molecule has 28 heavy (non-hydrogen) atoms. The van der Waals surface area contributed by atoms with Gasteiger partial charge in [-0.25, -0.2) is 0 Å². The SMILES string of the molecule is CC(C)(Oc1ccc([C@H]2CC2(Cl)Cl)cc1)C(=O)Nc1nnc([C@@H]2CCCO2)s1. The van der Waals surface area contributed by atoms with Crippen LogP contribution in [0, 0.1) is 0 Å². The van der Waals surface area contributed by atoms with E-state index in [0.717, 1.165) is 36.4 Å². The molecule has 2 atom stereocenters. The van der Waals surface area contributed by atoms with Crippen LogP contribution in [0.25, 0.3) is 0 Å². The first-order valence-corrected chi connectivity index (χ1v) is 10.8. The van der Waals surface area contributed by atoms with Crippen molar-refractivity contribution in [2.75, 3.05) is 11.9 Å². The van der Waals surface area contributed by atoms with E-state index in [0.29, 0.717) is 10.9 Å².